The fourth-order valence-electron chi connectivity index (χ4n) is 5.26. The minimum Gasteiger partial charge on any atom is -0.508 e. The van der Waals surface area contributed by atoms with E-state index in [1.165, 1.54) is 26.0 Å². The number of carboxylic acids is 1. The summed E-state index contributed by atoms with van der Waals surface area (Å²) in [4.78, 5) is 76.1. The zero-order valence-corrected chi connectivity index (χ0v) is 29.6. The monoisotopic (exact) mass is 765 g/mol. The normalized spacial score (nSPS) is 13.9. The standard InChI is InChI=1S/C33H45N7O7.C2HF3O2/c1-19(41)30(37-20(2)42)33(47)40-27(9-5-6-14-34)32(46)38-23(16-22-18-36-26-8-4-3-7-25(22)26)17-29(44)39-28(31(35)45)15-21-10-12-24(43)13-11-21;3-2(4,5)1(6)7/h3-4,7-8,10-13,18-19,23,27-28,30,36,41,43H,5-6,9,14-17,34H2,1-2H3,(H2,35,45)(H,37,42)(H,38,46)(H,39,44)(H,40,47);(H,6,7)/t19-,23+,27-,28+,30+;/m1./s1. The van der Waals surface area contributed by atoms with Crippen molar-refractivity contribution in [1.82, 2.24) is 26.3 Å². The molecule has 12 N–H and O–H groups in total. The summed E-state index contributed by atoms with van der Waals surface area (Å²) in [5, 5.41) is 38.3. The number of carboxylic acid groups (broad SMARTS) is 1. The number of hydrogen-bond donors (Lipinski definition) is 10. The number of primary amides is 1. The van der Waals surface area contributed by atoms with E-state index in [1.54, 1.807) is 18.3 Å². The number of carbonyl (C=O) groups is 6. The molecule has 16 nitrogen and oxygen atoms in total. The molecule has 0 aliphatic heterocycles. The molecular weight excluding hydrogens is 719 g/mol. The van der Waals surface area contributed by atoms with Gasteiger partial charge in [-0.05, 0) is 68.5 Å². The molecular formula is C35H46F3N7O9. The Labute approximate surface area is 308 Å². The zero-order chi connectivity index (χ0) is 40.6. The van der Waals surface area contributed by atoms with E-state index in [0.717, 1.165) is 16.5 Å². The Morgan fingerprint density at radius 1 is 0.870 bits per heavy atom. The fraction of sp³-hybridized carbons (Fsp3) is 0.429. The third-order valence-corrected chi connectivity index (χ3v) is 7.92. The Kier molecular flexibility index (Phi) is 17.4. The highest BCUT2D eigenvalue weighted by molar-refractivity contribution is 5.93. The van der Waals surface area contributed by atoms with Gasteiger partial charge in [0.15, 0.2) is 0 Å². The van der Waals surface area contributed by atoms with Crippen molar-refractivity contribution in [3.63, 3.8) is 0 Å². The van der Waals surface area contributed by atoms with Crippen LogP contribution in [-0.4, -0.2) is 98.8 Å². The lowest BCUT2D eigenvalue weighted by Crippen LogP contribution is -2.58. The van der Waals surface area contributed by atoms with Gasteiger partial charge in [0.05, 0.1) is 6.10 Å². The topological polar surface area (TPSA) is 279 Å². The lowest BCUT2D eigenvalue weighted by molar-refractivity contribution is -0.192. The molecule has 0 aliphatic rings. The second kappa shape index (κ2) is 21.1. The summed E-state index contributed by atoms with van der Waals surface area (Å²) in [6.07, 6.45) is -3.13. The highest BCUT2D eigenvalue weighted by atomic mass is 19.4. The second-order valence-electron chi connectivity index (χ2n) is 12.4. The number of rotatable bonds is 18. The molecule has 3 rings (SSSR count). The number of alkyl halides is 3. The number of carbonyl (C=O) groups excluding carboxylic acids is 5. The van der Waals surface area contributed by atoms with Gasteiger partial charge in [-0.15, -0.1) is 0 Å². The lowest BCUT2D eigenvalue weighted by Gasteiger charge is -2.26. The third-order valence-electron chi connectivity index (χ3n) is 7.92. The van der Waals surface area contributed by atoms with Gasteiger partial charge >= 0.3 is 12.1 Å². The van der Waals surface area contributed by atoms with Crippen LogP contribution in [0.15, 0.2) is 54.7 Å². The molecule has 296 valence electrons. The van der Waals surface area contributed by atoms with E-state index >= 15 is 0 Å². The highest BCUT2D eigenvalue weighted by Gasteiger charge is 2.38. The van der Waals surface area contributed by atoms with Crippen LogP contribution in [0.3, 0.4) is 0 Å². The summed E-state index contributed by atoms with van der Waals surface area (Å²) in [7, 11) is 0. The number of aromatic amines is 1. The van der Waals surface area contributed by atoms with E-state index in [2.05, 4.69) is 26.3 Å². The molecule has 1 heterocycles. The number of halogens is 3. The van der Waals surface area contributed by atoms with Crippen LogP contribution in [-0.2, 0) is 41.6 Å². The molecule has 0 saturated heterocycles. The van der Waals surface area contributed by atoms with E-state index in [9.17, 15) is 47.4 Å². The number of nitrogens with two attached hydrogens (primary N) is 2. The lowest BCUT2D eigenvalue weighted by atomic mass is 10.00. The first-order valence-corrected chi connectivity index (χ1v) is 16.8. The van der Waals surface area contributed by atoms with Crippen LogP contribution in [0.2, 0.25) is 0 Å². The molecule has 5 amide bonds. The quantitative estimate of drug-likeness (QED) is 0.0807. The van der Waals surface area contributed by atoms with Gasteiger partial charge in [-0.1, -0.05) is 30.3 Å². The molecule has 3 aromatic rings. The Hall–Kier alpha value is -5.69. The van der Waals surface area contributed by atoms with Gasteiger partial charge in [-0.25, -0.2) is 4.79 Å². The van der Waals surface area contributed by atoms with Crippen LogP contribution < -0.4 is 32.7 Å². The number of aliphatic hydroxyl groups excluding tert-OH is 1. The van der Waals surface area contributed by atoms with Crippen molar-refractivity contribution in [2.75, 3.05) is 6.54 Å². The number of phenols is 1. The predicted octanol–water partition coefficient (Wildman–Crippen LogP) is 0.636. The number of fused-ring (bicyclic) bond motifs is 1. The first-order chi connectivity index (χ1) is 25.3. The van der Waals surface area contributed by atoms with Crippen LogP contribution in [0.4, 0.5) is 13.2 Å². The summed E-state index contributed by atoms with van der Waals surface area (Å²) in [5.41, 5.74) is 13.6. The number of unbranched alkanes of at least 4 members (excludes halogenated alkanes) is 1. The SMILES string of the molecule is CC(=O)N[C@H](C(=O)N[C@H](CCCCN)C(=O)N[C@H](CC(=O)N[C@@H](Cc1ccc(O)cc1)C(N)=O)Cc1c[nH]c2ccccc12)[C@@H](C)O.O=C(O)C(F)(F)F. The van der Waals surface area contributed by atoms with Gasteiger partial charge < -0.3 is 53.0 Å². The van der Waals surface area contributed by atoms with Crippen LogP contribution in [0.1, 0.15) is 50.7 Å². The van der Waals surface area contributed by atoms with Gasteiger partial charge in [0, 0.05) is 42.9 Å². The van der Waals surface area contributed by atoms with Crippen molar-refractivity contribution in [2.24, 2.45) is 11.5 Å². The molecule has 0 saturated carbocycles. The number of aliphatic hydroxyl groups is 1. The van der Waals surface area contributed by atoms with Gasteiger partial charge in [0.2, 0.25) is 29.5 Å². The molecule has 54 heavy (non-hydrogen) atoms. The maximum absolute atomic E-state index is 13.7. The Bertz CT molecular complexity index is 1730. The molecule has 5 atom stereocenters. The van der Waals surface area contributed by atoms with Crippen molar-refractivity contribution in [3.05, 3.63) is 65.9 Å². The largest absolute Gasteiger partial charge is 0.508 e. The van der Waals surface area contributed by atoms with Crippen molar-refractivity contribution in [1.29, 1.82) is 0 Å². The van der Waals surface area contributed by atoms with Crippen LogP contribution in [0, 0.1) is 0 Å². The van der Waals surface area contributed by atoms with E-state index in [0.29, 0.717) is 24.9 Å². The van der Waals surface area contributed by atoms with Crippen LogP contribution in [0.5, 0.6) is 5.75 Å². The fourth-order valence-corrected chi connectivity index (χ4v) is 5.26. The maximum atomic E-state index is 13.7. The van der Waals surface area contributed by atoms with E-state index in [1.807, 2.05) is 24.3 Å². The minimum atomic E-state index is -5.08. The molecule has 2 aromatic carbocycles. The second-order valence-corrected chi connectivity index (χ2v) is 12.4. The number of amides is 5. The zero-order valence-electron chi connectivity index (χ0n) is 29.6. The summed E-state index contributed by atoms with van der Waals surface area (Å²) in [6, 6.07) is 9.54. The average Bonchev–Trinajstić information content (AvgIpc) is 3.49. The number of nitrogens with one attached hydrogen (secondary N) is 5. The molecule has 0 fully saturated rings. The van der Waals surface area contributed by atoms with E-state index < -0.39 is 72.0 Å². The number of aromatic nitrogens is 1. The van der Waals surface area contributed by atoms with Crippen molar-refractivity contribution in [2.45, 2.75) is 88.8 Å². The van der Waals surface area contributed by atoms with Gasteiger partial charge in [-0.3, -0.25) is 24.0 Å². The molecule has 0 bridgehead atoms. The third kappa shape index (κ3) is 15.1. The Morgan fingerprint density at radius 2 is 1.50 bits per heavy atom. The molecule has 19 heteroatoms. The van der Waals surface area contributed by atoms with E-state index in [-0.39, 0.29) is 31.4 Å². The number of phenolic OH excluding ortho intramolecular Hbond substituents is 1. The Morgan fingerprint density at radius 3 is 2.06 bits per heavy atom. The summed E-state index contributed by atoms with van der Waals surface area (Å²) < 4.78 is 31.7. The van der Waals surface area contributed by atoms with Crippen molar-refractivity contribution >= 4 is 46.4 Å². The van der Waals surface area contributed by atoms with E-state index in [4.69, 9.17) is 21.4 Å². The maximum Gasteiger partial charge on any atom is 0.490 e. The molecule has 1 aromatic heterocycles. The van der Waals surface area contributed by atoms with Gasteiger partial charge in [0.1, 0.15) is 23.9 Å². The minimum absolute atomic E-state index is 0.0540. The number of hydrogen-bond acceptors (Lipinski definition) is 9. The van der Waals surface area contributed by atoms with Crippen molar-refractivity contribution < 1.29 is 57.3 Å². The molecule has 0 unspecified atom stereocenters. The van der Waals surface area contributed by atoms with Gasteiger partial charge in [-0.2, -0.15) is 13.2 Å². The Balaban J connectivity index is 0.00000131. The number of H-pyrrole nitrogens is 1. The first-order valence-electron chi connectivity index (χ1n) is 16.8. The number of benzene rings is 2. The smallest absolute Gasteiger partial charge is 0.490 e. The molecule has 0 radical (unpaired) electrons. The summed E-state index contributed by atoms with van der Waals surface area (Å²) >= 11 is 0. The number of aliphatic carboxylic acids is 1. The first kappa shape index (κ1) is 44.5. The summed E-state index contributed by atoms with van der Waals surface area (Å²) in [5.74, 6) is -5.84. The van der Waals surface area contributed by atoms with Gasteiger partial charge in [0.25, 0.3) is 0 Å². The number of aromatic hydroxyl groups is 1. The highest BCUT2D eigenvalue weighted by Crippen LogP contribution is 2.20. The predicted molar refractivity (Wildman–Crippen MR) is 189 cm³/mol. The molecule has 0 aliphatic carbocycles. The van der Waals surface area contributed by atoms with Crippen molar-refractivity contribution in [3.8, 4) is 5.75 Å². The summed E-state index contributed by atoms with van der Waals surface area (Å²) in [6.45, 7) is 2.93. The molecule has 0 spiro atoms. The van der Waals surface area contributed by atoms with Crippen LogP contribution in [0.25, 0.3) is 10.9 Å². The van der Waals surface area contributed by atoms with Crippen LogP contribution >= 0.6 is 0 Å². The number of para-hydroxylation sites is 1. The average molecular weight is 766 g/mol.